The van der Waals surface area contributed by atoms with Crippen molar-refractivity contribution in [2.45, 2.75) is 10.9 Å². The Balaban J connectivity index is 2.00. The van der Waals surface area contributed by atoms with Gasteiger partial charge in [0.2, 0.25) is 15.9 Å². The lowest BCUT2D eigenvalue weighted by Crippen LogP contribution is -2.44. The predicted octanol–water partition coefficient (Wildman–Crippen LogP) is -0.161. The zero-order chi connectivity index (χ0) is 17.3. The van der Waals surface area contributed by atoms with Crippen LogP contribution >= 0.6 is 0 Å². The summed E-state index contributed by atoms with van der Waals surface area (Å²) in [7, 11) is -0.965. The minimum absolute atomic E-state index is 0.0256. The van der Waals surface area contributed by atoms with E-state index in [0.29, 0.717) is 12.4 Å². The molecular weight excluding hydrogens is 336 g/mol. The Morgan fingerprint density at radius 1 is 1.21 bits per heavy atom. The molecule has 24 heavy (non-hydrogen) atoms. The van der Waals surface area contributed by atoms with E-state index in [-0.39, 0.29) is 42.3 Å². The number of fused-ring (bicyclic) bond motifs is 3. The van der Waals surface area contributed by atoms with Gasteiger partial charge in [-0.15, -0.1) is 0 Å². The Hall–Kier alpha value is -1.84. The second-order valence-electron chi connectivity index (χ2n) is 5.78. The highest BCUT2D eigenvalue weighted by atomic mass is 32.2. The number of methoxy groups -OCH3 is 2. The minimum Gasteiger partial charge on any atom is -0.497 e. The van der Waals surface area contributed by atoms with Gasteiger partial charge >= 0.3 is 0 Å². The summed E-state index contributed by atoms with van der Waals surface area (Å²) in [6, 6.07) is 4.25. The third-order valence-corrected chi connectivity index (χ3v) is 6.04. The van der Waals surface area contributed by atoms with Crippen LogP contribution in [0.25, 0.3) is 0 Å². The van der Waals surface area contributed by atoms with Gasteiger partial charge in [0, 0.05) is 19.2 Å². The molecule has 8 nitrogen and oxygen atoms in total. The van der Waals surface area contributed by atoms with Gasteiger partial charge < -0.3 is 19.5 Å². The van der Waals surface area contributed by atoms with Gasteiger partial charge in [0.05, 0.1) is 39.4 Å². The Kier molecular flexibility index (Phi) is 4.66. The molecule has 132 valence electrons. The lowest BCUT2D eigenvalue weighted by atomic mass is 10.1. The molecule has 0 spiro atoms. The van der Waals surface area contributed by atoms with Crippen molar-refractivity contribution in [3.63, 3.8) is 0 Å². The number of rotatable bonds is 4. The summed E-state index contributed by atoms with van der Waals surface area (Å²) in [5, 5.41) is 2.82. The van der Waals surface area contributed by atoms with Crippen LogP contribution in [0.3, 0.4) is 0 Å². The van der Waals surface area contributed by atoms with Crippen LogP contribution in [0.15, 0.2) is 23.1 Å². The molecule has 0 radical (unpaired) electrons. The molecule has 0 aliphatic carbocycles. The number of carbonyl (C=O) groups excluding carboxylic acids is 1. The minimum atomic E-state index is -3.85. The number of hydrogen-bond acceptors (Lipinski definition) is 6. The van der Waals surface area contributed by atoms with Crippen molar-refractivity contribution in [3.8, 4) is 11.5 Å². The average molecular weight is 356 g/mol. The van der Waals surface area contributed by atoms with Gasteiger partial charge in [-0.25, -0.2) is 8.42 Å². The van der Waals surface area contributed by atoms with E-state index in [4.69, 9.17) is 14.2 Å². The Bertz CT molecular complexity index is 735. The highest BCUT2D eigenvalue weighted by molar-refractivity contribution is 7.89. The number of amides is 1. The number of hydrogen-bond donors (Lipinski definition) is 1. The lowest BCUT2D eigenvalue weighted by Gasteiger charge is -2.27. The van der Waals surface area contributed by atoms with Gasteiger partial charge in [-0.3, -0.25) is 4.79 Å². The topological polar surface area (TPSA) is 94.2 Å². The van der Waals surface area contributed by atoms with E-state index in [1.165, 1.54) is 24.6 Å². The average Bonchev–Trinajstić information content (AvgIpc) is 2.82. The first-order valence-corrected chi connectivity index (χ1v) is 9.00. The van der Waals surface area contributed by atoms with E-state index in [2.05, 4.69) is 5.32 Å². The molecule has 1 aromatic rings. The molecule has 2 aliphatic rings. The molecule has 1 N–H and O–H groups in total. The van der Waals surface area contributed by atoms with Crippen molar-refractivity contribution >= 4 is 15.9 Å². The molecule has 2 fully saturated rings. The second-order valence-corrected chi connectivity index (χ2v) is 7.69. The standard InChI is InChI=1S/C15H20N2O6S/c1-21-12-3-4-13(22-2)14(5-12)24(19,20)17-6-10-8-23-9-11(7-17)16-15(10)18/h3-5,10-11H,6-9H2,1-2H3,(H,16,18)/t10-,11+/m1/s1. The Morgan fingerprint density at radius 2 is 2.00 bits per heavy atom. The van der Waals surface area contributed by atoms with E-state index >= 15 is 0 Å². The van der Waals surface area contributed by atoms with Crippen LogP contribution in [-0.2, 0) is 19.6 Å². The van der Waals surface area contributed by atoms with E-state index in [1.54, 1.807) is 12.1 Å². The highest BCUT2D eigenvalue weighted by Gasteiger charge is 2.39. The molecule has 0 saturated carbocycles. The monoisotopic (exact) mass is 356 g/mol. The fourth-order valence-electron chi connectivity index (χ4n) is 2.91. The number of ether oxygens (including phenoxy) is 3. The number of benzene rings is 1. The summed E-state index contributed by atoms with van der Waals surface area (Å²) in [6.45, 7) is 0.739. The maximum absolute atomic E-state index is 13.1. The quantitative estimate of drug-likeness (QED) is 0.806. The largest absolute Gasteiger partial charge is 0.497 e. The van der Waals surface area contributed by atoms with Crippen LogP contribution in [-0.4, -0.2) is 65.2 Å². The van der Waals surface area contributed by atoms with E-state index < -0.39 is 15.9 Å². The molecular formula is C15H20N2O6S. The summed E-state index contributed by atoms with van der Waals surface area (Å²) in [5.41, 5.74) is 0. The third-order valence-electron chi connectivity index (χ3n) is 4.19. The molecule has 1 aromatic carbocycles. The molecule has 0 aromatic heterocycles. The maximum atomic E-state index is 13.1. The van der Waals surface area contributed by atoms with Crippen LogP contribution < -0.4 is 14.8 Å². The first-order valence-electron chi connectivity index (χ1n) is 7.56. The van der Waals surface area contributed by atoms with Gasteiger partial charge in [0.15, 0.2) is 0 Å². The fraction of sp³-hybridized carbons (Fsp3) is 0.533. The van der Waals surface area contributed by atoms with Crippen LogP contribution in [0.1, 0.15) is 0 Å². The molecule has 2 aliphatic heterocycles. The first-order chi connectivity index (χ1) is 11.5. The summed E-state index contributed by atoms with van der Waals surface area (Å²) in [4.78, 5) is 12.1. The SMILES string of the molecule is COc1ccc(OC)c(S(=O)(=O)N2C[C@H]3COC[C@@H](C2)C(=O)N3)c1. The zero-order valence-electron chi connectivity index (χ0n) is 13.5. The molecule has 9 heteroatoms. The van der Waals surface area contributed by atoms with Gasteiger partial charge in [-0.1, -0.05) is 0 Å². The molecule has 2 heterocycles. The highest BCUT2D eigenvalue weighted by Crippen LogP contribution is 2.32. The van der Waals surface area contributed by atoms with Crippen molar-refractivity contribution in [1.82, 2.24) is 9.62 Å². The molecule has 2 bridgehead atoms. The van der Waals surface area contributed by atoms with Crippen molar-refractivity contribution in [1.29, 1.82) is 0 Å². The summed E-state index contributed by atoms with van der Waals surface area (Å²) < 4.78 is 43.4. The van der Waals surface area contributed by atoms with Crippen molar-refractivity contribution < 1.29 is 27.4 Å². The van der Waals surface area contributed by atoms with Crippen LogP contribution in [0, 0.1) is 5.92 Å². The van der Waals surface area contributed by atoms with Crippen LogP contribution in [0.2, 0.25) is 0 Å². The van der Waals surface area contributed by atoms with E-state index in [1.807, 2.05) is 0 Å². The van der Waals surface area contributed by atoms with Crippen LogP contribution in [0.4, 0.5) is 0 Å². The fourth-order valence-corrected chi connectivity index (χ4v) is 4.61. The molecule has 0 unspecified atom stereocenters. The molecule has 3 rings (SSSR count). The lowest BCUT2D eigenvalue weighted by molar-refractivity contribution is -0.125. The third kappa shape index (κ3) is 3.06. The summed E-state index contributed by atoms with van der Waals surface area (Å²) in [5.74, 6) is -0.0423. The summed E-state index contributed by atoms with van der Waals surface area (Å²) >= 11 is 0. The number of carbonyl (C=O) groups is 1. The van der Waals surface area contributed by atoms with Gasteiger partial charge in [0.25, 0.3) is 0 Å². The van der Waals surface area contributed by atoms with Crippen molar-refractivity contribution in [3.05, 3.63) is 18.2 Å². The smallest absolute Gasteiger partial charge is 0.246 e. The van der Waals surface area contributed by atoms with Gasteiger partial charge in [-0.05, 0) is 12.1 Å². The maximum Gasteiger partial charge on any atom is 0.246 e. The van der Waals surface area contributed by atoms with E-state index in [9.17, 15) is 13.2 Å². The molecule has 2 saturated heterocycles. The Labute approximate surface area is 140 Å². The zero-order valence-corrected chi connectivity index (χ0v) is 14.3. The normalized spacial score (nSPS) is 24.8. The van der Waals surface area contributed by atoms with Crippen LogP contribution in [0.5, 0.6) is 11.5 Å². The predicted molar refractivity (Wildman–Crippen MR) is 84.5 cm³/mol. The summed E-state index contributed by atoms with van der Waals surface area (Å²) in [6.07, 6.45) is 0. The number of nitrogens with zero attached hydrogens (tertiary/aromatic N) is 1. The Morgan fingerprint density at radius 3 is 2.71 bits per heavy atom. The number of sulfonamides is 1. The van der Waals surface area contributed by atoms with Gasteiger partial charge in [0.1, 0.15) is 16.4 Å². The first kappa shape index (κ1) is 17.0. The van der Waals surface area contributed by atoms with Crippen molar-refractivity contribution in [2.24, 2.45) is 5.92 Å². The second kappa shape index (κ2) is 6.58. The molecule has 2 atom stereocenters. The molecule has 1 amide bonds. The van der Waals surface area contributed by atoms with E-state index in [0.717, 1.165) is 0 Å². The van der Waals surface area contributed by atoms with Crippen molar-refractivity contribution in [2.75, 3.05) is 40.5 Å². The number of nitrogens with one attached hydrogen (secondary N) is 1. The van der Waals surface area contributed by atoms with Gasteiger partial charge in [-0.2, -0.15) is 4.31 Å².